The van der Waals surface area contributed by atoms with Crippen LogP contribution in [-0.4, -0.2) is 35.5 Å². The van der Waals surface area contributed by atoms with Gasteiger partial charge in [-0.3, -0.25) is 4.79 Å². The molecule has 7 heteroatoms. The summed E-state index contributed by atoms with van der Waals surface area (Å²) < 4.78 is 16.1. The van der Waals surface area contributed by atoms with Crippen LogP contribution in [0.3, 0.4) is 0 Å². The third-order valence-corrected chi connectivity index (χ3v) is 5.47. The summed E-state index contributed by atoms with van der Waals surface area (Å²) >= 11 is 0. The first-order valence-corrected chi connectivity index (χ1v) is 11.2. The van der Waals surface area contributed by atoms with Gasteiger partial charge in [0, 0.05) is 12.0 Å². The van der Waals surface area contributed by atoms with Gasteiger partial charge in [-0.05, 0) is 55.7 Å². The summed E-state index contributed by atoms with van der Waals surface area (Å²) in [5, 5.41) is 10.2. The van der Waals surface area contributed by atoms with E-state index in [0.717, 1.165) is 6.42 Å². The highest BCUT2D eigenvalue weighted by Gasteiger charge is 2.19. The molecule has 0 saturated heterocycles. The van der Waals surface area contributed by atoms with E-state index in [4.69, 9.17) is 14.2 Å². The fraction of sp³-hybridized carbons (Fsp3) is 0.423. The maximum atomic E-state index is 12.4. The number of phenolic OH excluding ortho intramolecular Hbond substituents is 1. The number of hydrogen-bond donors (Lipinski definition) is 1. The molecule has 1 N–H and O–H groups in total. The number of phenols is 1. The Morgan fingerprint density at radius 3 is 2.09 bits per heavy atom. The first kappa shape index (κ1) is 26.1. The molecule has 1 unspecified atom stereocenters. The molecule has 0 aromatic heterocycles. The Morgan fingerprint density at radius 1 is 0.879 bits per heavy atom. The molecule has 0 amide bonds. The molecule has 0 heterocycles. The zero-order chi connectivity index (χ0) is 24.5. The van der Waals surface area contributed by atoms with Gasteiger partial charge in [-0.1, -0.05) is 34.1 Å². The summed E-state index contributed by atoms with van der Waals surface area (Å²) in [6.45, 7) is 9.88. The number of Topliss-reactive ketones (excluding diaryl/α,β-unsaturated/α-hetero) is 1. The molecule has 0 aliphatic rings. The first-order valence-electron chi connectivity index (χ1n) is 11.2. The highest BCUT2D eigenvalue weighted by Crippen LogP contribution is 2.27. The highest BCUT2D eigenvalue weighted by molar-refractivity contribution is 6.00. The van der Waals surface area contributed by atoms with Gasteiger partial charge in [0.1, 0.15) is 17.2 Å². The van der Waals surface area contributed by atoms with Crippen molar-refractivity contribution in [1.82, 2.24) is 0 Å². The predicted octanol–water partition coefficient (Wildman–Crippen LogP) is 5.20. The molecule has 0 fully saturated rings. The quantitative estimate of drug-likeness (QED) is 0.282. The summed E-state index contributed by atoms with van der Waals surface area (Å²) in [7, 11) is 0. The van der Waals surface area contributed by atoms with Crippen LogP contribution in [-0.2, 0) is 9.53 Å². The highest BCUT2D eigenvalue weighted by atomic mass is 16.6. The van der Waals surface area contributed by atoms with Gasteiger partial charge in [-0.2, -0.15) is 0 Å². The Bertz CT molecular complexity index is 965. The van der Waals surface area contributed by atoms with Crippen LogP contribution in [0, 0.1) is 11.8 Å². The molecule has 178 valence electrons. The maximum absolute atomic E-state index is 12.4. The van der Waals surface area contributed by atoms with E-state index >= 15 is 0 Å². The van der Waals surface area contributed by atoms with E-state index in [1.807, 2.05) is 13.8 Å². The van der Waals surface area contributed by atoms with E-state index < -0.39 is 18.0 Å². The Balaban J connectivity index is 1.97. The number of hydrogen-bond acceptors (Lipinski definition) is 7. The van der Waals surface area contributed by atoms with Crippen LogP contribution in [0.2, 0.25) is 0 Å². The average molecular weight is 457 g/mol. The monoisotopic (exact) mass is 456 g/mol. The number of ether oxygens (including phenoxy) is 3. The molecule has 0 radical (unpaired) electrons. The smallest absolute Gasteiger partial charge is 0.343 e. The van der Waals surface area contributed by atoms with Gasteiger partial charge < -0.3 is 19.3 Å². The normalized spacial score (nSPS) is 13.6. The van der Waals surface area contributed by atoms with E-state index in [9.17, 15) is 19.5 Å². The lowest BCUT2D eigenvalue weighted by molar-refractivity contribution is -0.146. The molecule has 3 atom stereocenters. The van der Waals surface area contributed by atoms with Crippen LogP contribution >= 0.6 is 0 Å². The van der Waals surface area contributed by atoms with Gasteiger partial charge in [0.05, 0.1) is 17.7 Å². The molecule has 0 spiro atoms. The van der Waals surface area contributed by atoms with Crippen molar-refractivity contribution >= 4 is 17.7 Å². The number of carbonyl (C=O) groups is 3. The van der Waals surface area contributed by atoms with Crippen LogP contribution in [0.5, 0.6) is 17.2 Å². The molecular formula is C26H32O7. The number of esters is 2. The van der Waals surface area contributed by atoms with Crippen molar-refractivity contribution in [3.8, 4) is 17.2 Å². The van der Waals surface area contributed by atoms with Crippen molar-refractivity contribution in [1.29, 1.82) is 0 Å². The minimum absolute atomic E-state index is 0.112. The van der Waals surface area contributed by atoms with E-state index in [0.29, 0.717) is 18.9 Å². The van der Waals surface area contributed by atoms with Crippen LogP contribution < -0.4 is 9.47 Å². The van der Waals surface area contributed by atoms with Crippen molar-refractivity contribution < 1.29 is 33.7 Å². The van der Waals surface area contributed by atoms with Crippen LogP contribution in [0.4, 0.5) is 0 Å². The number of aromatic hydroxyl groups is 1. The second-order valence-corrected chi connectivity index (χ2v) is 8.18. The second-order valence-electron chi connectivity index (χ2n) is 8.18. The molecule has 33 heavy (non-hydrogen) atoms. The third-order valence-electron chi connectivity index (χ3n) is 5.47. The van der Waals surface area contributed by atoms with Crippen molar-refractivity contribution in [2.24, 2.45) is 11.8 Å². The van der Waals surface area contributed by atoms with Crippen molar-refractivity contribution in [2.75, 3.05) is 6.61 Å². The fourth-order valence-electron chi connectivity index (χ4n) is 2.75. The minimum atomic E-state index is -0.702. The Labute approximate surface area is 194 Å². The van der Waals surface area contributed by atoms with Gasteiger partial charge in [-0.25, -0.2) is 9.59 Å². The fourth-order valence-corrected chi connectivity index (χ4v) is 2.75. The zero-order valence-electron chi connectivity index (χ0n) is 19.8. The minimum Gasteiger partial charge on any atom is -0.507 e. The Kier molecular flexibility index (Phi) is 9.60. The van der Waals surface area contributed by atoms with Crippen LogP contribution in [0.25, 0.3) is 0 Å². The molecule has 0 aliphatic heterocycles. The van der Waals surface area contributed by atoms with Crippen molar-refractivity contribution in [3.63, 3.8) is 0 Å². The van der Waals surface area contributed by atoms with Gasteiger partial charge in [-0.15, -0.1) is 0 Å². The van der Waals surface area contributed by atoms with Crippen molar-refractivity contribution in [3.05, 3.63) is 53.6 Å². The molecule has 2 aromatic rings. The topological polar surface area (TPSA) is 99.1 Å². The Hall–Kier alpha value is -3.19. The van der Waals surface area contributed by atoms with E-state index in [2.05, 4.69) is 6.92 Å². The van der Waals surface area contributed by atoms with E-state index in [1.54, 1.807) is 13.8 Å². The summed E-state index contributed by atoms with van der Waals surface area (Å²) in [5.41, 5.74) is 0.424. The molecule has 7 nitrogen and oxygen atoms in total. The van der Waals surface area contributed by atoms with Gasteiger partial charge in [0.2, 0.25) is 0 Å². The zero-order valence-corrected chi connectivity index (χ0v) is 19.8. The number of carbonyl (C=O) groups excluding carboxylic acids is 3. The second kappa shape index (κ2) is 12.2. The lowest BCUT2D eigenvalue weighted by Gasteiger charge is -2.15. The predicted molar refractivity (Wildman–Crippen MR) is 124 cm³/mol. The van der Waals surface area contributed by atoms with Crippen molar-refractivity contribution in [2.45, 2.75) is 53.6 Å². The first-order chi connectivity index (χ1) is 15.7. The van der Waals surface area contributed by atoms with Gasteiger partial charge in [0.15, 0.2) is 11.9 Å². The summed E-state index contributed by atoms with van der Waals surface area (Å²) in [6.07, 6.45) is 0.912. The summed E-state index contributed by atoms with van der Waals surface area (Å²) in [5.74, 6) is -1.05. The summed E-state index contributed by atoms with van der Waals surface area (Å²) in [4.78, 5) is 36.8. The van der Waals surface area contributed by atoms with Gasteiger partial charge >= 0.3 is 11.9 Å². The SMILES string of the molecule is CCC(C)CO[C@@H](C)C(=O)Oc1ccc(C(=O)Oc2ccc(C(=O)[C@@H](C)CC)c(O)c2)cc1. The lowest BCUT2D eigenvalue weighted by atomic mass is 9.96. The Morgan fingerprint density at radius 2 is 1.52 bits per heavy atom. The maximum Gasteiger partial charge on any atom is 0.343 e. The summed E-state index contributed by atoms with van der Waals surface area (Å²) in [6, 6.07) is 10.1. The number of ketones is 1. The standard InChI is InChI=1S/C26H32O7/c1-6-16(3)15-31-18(5)25(29)32-20-10-8-19(9-11-20)26(30)33-21-12-13-22(23(27)14-21)24(28)17(4)7-2/h8-14,16-18,27H,6-7,15H2,1-5H3/t16?,17-,18-/m0/s1. The molecule has 0 aliphatic carbocycles. The third kappa shape index (κ3) is 7.43. The largest absolute Gasteiger partial charge is 0.507 e. The van der Waals surface area contributed by atoms with E-state index in [-0.39, 0.29) is 40.1 Å². The molecule has 2 rings (SSSR count). The van der Waals surface area contributed by atoms with Crippen LogP contribution in [0.15, 0.2) is 42.5 Å². The van der Waals surface area contributed by atoms with E-state index in [1.165, 1.54) is 42.5 Å². The number of benzene rings is 2. The average Bonchev–Trinajstić information content (AvgIpc) is 2.81. The molecule has 2 aromatic carbocycles. The van der Waals surface area contributed by atoms with Gasteiger partial charge in [0.25, 0.3) is 0 Å². The molecule has 0 saturated carbocycles. The van der Waals surface area contributed by atoms with Crippen LogP contribution in [0.1, 0.15) is 68.2 Å². The molecule has 0 bridgehead atoms. The lowest BCUT2D eigenvalue weighted by Crippen LogP contribution is -2.27. The number of rotatable bonds is 11. The molecular weight excluding hydrogens is 424 g/mol.